The molecule has 0 atom stereocenters. The number of para-hydroxylation sites is 1. The number of unbranched alkanes of at least 4 members (excludes halogenated alkanes) is 1. The molecule has 0 unspecified atom stereocenters. The van der Waals surface area contributed by atoms with E-state index in [4.69, 9.17) is 9.47 Å². The highest BCUT2D eigenvalue weighted by atomic mass is 79.9. The second-order valence-electron chi connectivity index (χ2n) is 6.05. The molecular formula is C17H26BrNO3. The zero-order chi connectivity index (χ0) is 16.6. The number of benzene rings is 1. The van der Waals surface area contributed by atoms with E-state index in [1.54, 1.807) is 4.90 Å². The summed E-state index contributed by atoms with van der Waals surface area (Å²) in [5.41, 5.74) is 0.260. The number of carbonyl (C=O) groups excluding carboxylic acids is 1. The Morgan fingerprint density at radius 3 is 2.50 bits per heavy atom. The van der Waals surface area contributed by atoms with Crippen molar-refractivity contribution in [1.82, 2.24) is 0 Å². The summed E-state index contributed by atoms with van der Waals surface area (Å²) in [6.07, 6.45) is 1.76. The van der Waals surface area contributed by atoms with Crippen LogP contribution in [0.5, 0.6) is 0 Å². The van der Waals surface area contributed by atoms with Crippen LogP contribution in [0.4, 0.5) is 10.5 Å². The number of nitrogens with zero attached hydrogens (tertiary/aromatic N) is 1. The Morgan fingerprint density at radius 2 is 1.91 bits per heavy atom. The predicted octanol–water partition coefficient (Wildman–Crippen LogP) is 5.01. The number of halogens is 1. The lowest BCUT2D eigenvalue weighted by Gasteiger charge is -2.28. The van der Waals surface area contributed by atoms with E-state index >= 15 is 0 Å². The van der Waals surface area contributed by atoms with E-state index in [1.807, 2.05) is 45.0 Å². The first-order valence-electron chi connectivity index (χ1n) is 7.68. The molecule has 5 heteroatoms. The number of ether oxygens (including phenoxy) is 2. The molecule has 0 spiro atoms. The number of rotatable bonds is 7. The van der Waals surface area contributed by atoms with Crippen molar-refractivity contribution in [3.63, 3.8) is 0 Å². The van der Waals surface area contributed by atoms with Gasteiger partial charge < -0.3 is 9.47 Å². The van der Waals surface area contributed by atoms with Gasteiger partial charge in [-0.25, -0.2) is 4.79 Å². The average Bonchev–Trinajstić information content (AvgIpc) is 2.42. The molecule has 0 fully saturated rings. The van der Waals surface area contributed by atoms with Gasteiger partial charge in [0, 0.05) is 11.1 Å². The van der Waals surface area contributed by atoms with E-state index in [1.165, 1.54) is 0 Å². The van der Waals surface area contributed by atoms with Crippen LogP contribution >= 0.6 is 15.9 Å². The Hall–Kier alpha value is -1.07. The van der Waals surface area contributed by atoms with Crippen molar-refractivity contribution in [1.29, 1.82) is 0 Å². The molecule has 0 aliphatic heterocycles. The Labute approximate surface area is 141 Å². The summed E-state index contributed by atoms with van der Waals surface area (Å²) < 4.78 is 11.9. The summed E-state index contributed by atoms with van der Waals surface area (Å²) in [4.78, 5) is 14.1. The van der Waals surface area contributed by atoms with Gasteiger partial charge in [-0.05, 0) is 55.3 Å². The fourth-order valence-corrected chi connectivity index (χ4v) is 2.30. The molecule has 1 aromatic rings. The Bertz CT molecular complexity index is 471. The highest BCUT2D eigenvalue weighted by Gasteiger charge is 2.24. The van der Waals surface area contributed by atoms with Crippen LogP contribution in [0, 0.1) is 0 Å². The standard InChI is InChI=1S/C17H26BrNO3/c1-5-6-12-21-13-11-19(16(20)22-17(2,3)4)15-10-8-7-9-14(15)18/h7-10H,5-6,11-13H2,1-4H3. The van der Waals surface area contributed by atoms with Gasteiger partial charge in [-0.3, -0.25) is 4.90 Å². The molecule has 0 bridgehead atoms. The molecule has 0 radical (unpaired) electrons. The minimum absolute atomic E-state index is 0.363. The number of amides is 1. The van der Waals surface area contributed by atoms with Crippen molar-refractivity contribution >= 4 is 27.7 Å². The number of anilines is 1. The van der Waals surface area contributed by atoms with Gasteiger partial charge in [-0.1, -0.05) is 25.5 Å². The minimum Gasteiger partial charge on any atom is -0.443 e. The third kappa shape index (κ3) is 6.79. The van der Waals surface area contributed by atoms with Gasteiger partial charge in [0.25, 0.3) is 0 Å². The number of hydrogen-bond donors (Lipinski definition) is 0. The predicted molar refractivity (Wildman–Crippen MR) is 93.4 cm³/mol. The lowest BCUT2D eigenvalue weighted by molar-refractivity contribution is 0.0559. The smallest absolute Gasteiger partial charge is 0.414 e. The van der Waals surface area contributed by atoms with Gasteiger partial charge in [0.1, 0.15) is 5.60 Å². The highest BCUT2D eigenvalue weighted by molar-refractivity contribution is 9.10. The summed E-state index contributed by atoms with van der Waals surface area (Å²) in [7, 11) is 0. The van der Waals surface area contributed by atoms with Crippen LogP contribution in [0.25, 0.3) is 0 Å². The molecule has 0 heterocycles. The molecule has 1 amide bonds. The third-order valence-electron chi connectivity index (χ3n) is 2.86. The molecule has 124 valence electrons. The van der Waals surface area contributed by atoms with Crippen molar-refractivity contribution in [2.45, 2.75) is 46.1 Å². The summed E-state index contributed by atoms with van der Waals surface area (Å²) in [6, 6.07) is 7.61. The molecule has 0 aliphatic rings. The Morgan fingerprint density at radius 1 is 1.23 bits per heavy atom. The lowest BCUT2D eigenvalue weighted by atomic mass is 10.2. The lowest BCUT2D eigenvalue weighted by Crippen LogP contribution is -2.39. The van der Waals surface area contributed by atoms with Gasteiger partial charge >= 0.3 is 6.09 Å². The van der Waals surface area contributed by atoms with Crippen LogP contribution in [-0.2, 0) is 9.47 Å². The molecular weight excluding hydrogens is 346 g/mol. The van der Waals surface area contributed by atoms with Gasteiger partial charge in [0.15, 0.2) is 0 Å². The SMILES string of the molecule is CCCCOCCN(C(=O)OC(C)(C)C)c1ccccc1Br. The largest absolute Gasteiger partial charge is 0.443 e. The minimum atomic E-state index is -0.528. The van der Waals surface area contributed by atoms with E-state index in [0.717, 1.165) is 23.0 Å². The van der Waals surface area contributed by atoms with Crippen molar-refractivity contribution < 1.29 is 14.3 Å². The van der Waals surface area contributed by atoms with E-state index in [-0.39, 0.29) is 6.09 Å². The molecule has 4 nitrogen and oxygen atoms in total. The highest BCUT2D eigenvalue weighted by Crippen LogP contribution is 2.27. The Balaban J connectivity index is 2.77. The van der Waals surface area contributed by atoms with E-state index in [9.17, 15) is 4.79 Å². The second kappa shape index (κ2) is 9.16. The maximum Gasteiger partial charge on any atom is 0.414 e. The van der Waals surface area contributed by atoms with Crippen LogP contribution < -0.4 is 4.90 Å². The van der Waals surface area contributed by atoms with Crippen LogP contribution in [0.3, 0.4) is 0 Å². The van der Waals surface area contributed by atoms with Gasteiger partial charge in [-0.2, -0.15) is 0 Å². The molecule has 0 aliphatic carbocycles. The van der Waals surface area contributed by atoms with E-state index in [2.05, 4.69) is 22.9 Å². The first kappa shape index (κ1) is 19.0. The van der Waals surface area contributed by atoms with E-state index in [0.29, 0.717) is 19.8 Å². The van der Waals surface area contributed by atoms with Crippen LogP contribution in [0.1, 0.15) is 40.5 Å². The molecule has 0 N–H and O–H groups in total. The quantitative estimate of drug-likeness (QED) is 0.632. The molecule has 0 saturated carbocycles. The average molecular weight is 372 g/mol. The second-order valence-corrected chi connectivity index (χ2v) is 6.90. The fourth-order valence-electron chi connectivity index (χ4n) is 1.80. The summed E-state index contributed by atoms with van der Waals surface area (Å²) in [5, 5.41) is 0. The molecule has 1 rings (SSSR count). The zero-order valence-electron chi connectivity index (χ0n) is 13.9. The zero-order valence-corrected chi connectivity index (χ0v) is 15.5. The van der Waals surface area contributed by atoms with Crippen molar-refractivity contribution in [2.24, 2.45) is 0 Å². The molecule has 22 heavy (non-hydrogen) atoms. The maximum atomic E-state index is 12.5. The first-order chi connectivity index (χ1) is 10.3. The molecule has 0 aromatic heterocycles. The maximum absolute atomic E-state index is 12.5. The van der Waals surface area contributed by atoms with Crippen molar-refractivity contribution in [3.8, 4) is 0 Å². The normalized spacial score (nSPS) is 11.3. The summed E-state index contributed by atoms with van der Waals surface area (Å²) in [5.74, 6) is 0. The van der Waals surface area contributed by atoms with E-state index < -0.39 is 5.60 Å². The van der Waals surface area contributed by atoms with Crippen molar-refractivity contribution in [3.05, 3.63) is 28.7 Å². The summed E-state index contributed by atoms with van der Waals surface area (Å²) >= 11 is 3.49. The molecule has 1 aromatic carbocycles. The molecule has 0 saturated heterocycles. The number of hydrogen-bond acceptors (Lipinski definition) is 3. The third-order valence-corrected chi connectivity index (χ3v) is 3.53. The van der Waals surface area contributed by atoms with Gasteiger partial charge in [-0.15, -0.1) is 0 Å². The van der Waals surface area contributed by atoms with Crippen LogP contribution in [0.15, 0.2) is 28.7 Å². The van der Waals surface area contributed by atoms with Gasteiger partial charge in [0.05, 0.1) is 18.8 Å². The monoisotopic (exact) mass is 371 g/mol. The summed E-state index contributed by atoms with van der Waals surface area (Å²) in [6.45, 7) is 9.37. The van der Waals surface area contributed by atoms with Crippen molar-refractivity contribution in [2.75, 3.05) is 24.7 Å². The first-order valence-corrected chi connectivity index (χ1v) is 8.47. The fraction of sp³-hybridized carbons (Fsp3) is 0.588. The van der Waals surface area contributed by atoms with Crippen LogP contribution in [-0.4, -0.2) is 31.5 Å². The Kier molecular flexibility index (Phi) is 7.90. The van der Waals surface area contributed by atoms with Crippen LogP contribution in [0.2, 0.25) is 0 Å². The number of carbonyl (C=O) groups is 1. The topological polar surface area (TPSA) is 38.8 Å². The van der Waals surface area contributed by atoms with Gasteiger partial charge in [0.2, 0.25) is 0 Å².